The lowest BCUT2D eigenvalue weighted by Crippen LogP contribution is -2.52. The topological polar surface area (TPSA) is 102 Å². The number of likely N-dealkylation sites (tertiary alicyclic amines) is 1. The minimum Gasteiger partial charge on any atom is -0.464 e. The maximum atomic E-state index is 12.5. The molecule has 2 amide bonds. The molecule has 9 nitrogen and oxygen atoms in total. The summed E-state index contributed by atoms with van der Waals surface area (Å²) in [4.78, 5) is 40.3. The normalized spacial score (nSPS) is 21.4. The summed E-state index contributed by atoms with van der Waals surface area (Å²) in [6.07, 6.45) is 0.676. The van der Waals surface area contributed by atoms with Crippen molar-refractivity contribution < 1.29 is 23.9 Å². The van der Waals surface area contributed by atoms with Crippen LogP contribution in [0.1, 0.15) is 35.1 Å². The summed E-state index contributed by atoms with van der Waals surface area (Å²) in [6, 6.07) is -0.846. The van der Waals surface area contributed by atoms with Crippen LogP contribution >= 0.6 is 11.5 Å². The predicted octanol–water partition coefficient (Wildman–Crippen LogP) is 0.835. The van der Waals surface area contributed by atoms with Gasteiger partial charge in [-0.1, -0.05) is 4.49 Å². The molecular weight excluding hydrogens is 348 g/mol. The molecule has 0 aliphatic carbocycles. The van der Waals surface area contributed by atoms with E-state index in [-0.39, 0.29) is 25.2 Å². The molecular formula is C15H20N4O5S. The third-order valence-corrected chi connectivity index (χ3v) is 5.28. The molecule has 2 fully saturated rings. The van der Waals surface area contributed by atoms with Gasteiger partial charge in [0.05, 0.1) is 12.3 Å². The van der Waals surface area contributed by atoms with Crippen LogP contribution in [0, 0.1) is 6.92 Å². The Labute approximate surface area is 149 Å². The predicted molar refractivity (Wildman–Crippen MR) is 87.2 cm³/mol. The van der Waals surface area contributed by atoms with E-state index in [0.29, 0.717) is 36.5 Å². The Bertz CT molecular complexity index is 671. The van der Waals surface area contributed by atoms with Crippen LogP contribution in [0.4, 0.5) is 4.79 Å². The second-order valence-corrected chi connectivity index (χ2v) is 6.72. The molecule has 0 radical (unpaired) electrons. The first-order valence-corrected chi connectivity index (χ1v) is 9.00. The fourth-order valence-electron chi connectivity index (χ4n) is 3.17. The smallest absolute Gasteiger partial charge is 0.410 e. The van der Waals surface area contributed by atoms with Crippen molar-refractivity contribution in [1.82, 2.24) is 19.4 Å². The molecule has 10 heteroatoms. The highest BCUT2D eigenvalue weighted by Gasteiger charge is 2.44. The van der Waals surface area contributed by atoms with Gasteiger partial charge in [0.2, 0.25) is 0 Å². The molecule has 3 rings (SSSR count). The van der Waals surface area contributed by atoms with Crippen LogP contribution in [0.2, 0.25) is 0 Å². The molecule has 25 heavy (non-hydrogen) atoms. The van der Waals surface area contributed by atoms with E-state index in [2.05, 4.69) is 9.59 Å². The highest BCUT2D eigenvalue weighted by molar-refractivity contribution is 7.07. The molecule has 0 spiro atoms. The summed E-state index contributed by atoms with van der Waals surface area (Å²) in [5.74, 6) is -0.532. The molecule has 2 aliphatic heterocycles. The average Bonchev–Trinajstić information content (AvgIpc) is 3.20. The number of hydrogen-bond donors (Lipinski definition) is 0. The molecule has 3 heterocycles. The number of carbonyl (C=O) groups is 3. The number of ether oxygens (including phenoxy) is 2. The summed E-state index contributed by atoms with van der Waals surface area (Å²) >= 11 is 1.09. The first-order valence-electron chi connectivity index (χ1n) is 8.22. The zero-order chi connectivity index (χ0) is 18.0. The summed E-state index contributed by atoms with van der Waals surface area (Å²) in [5.41, 5.74) is 0.627. The lowest BCUT2D eigenvalue weighted by atomic mass is 10.0. The van der Waals surface area contributed by atoms with Crippen LogP contribution in [0.5, 0.6) is 0 Å². The van der Waals surface area contributed by atoms with Crippen LogP contribution in [0.25, 0.3) is 0 Å². The van der Waals surface area contributed by atoms with E-state index in [1.165, 1.54) is 4.90 Å². The van der Waals surface area contributed by atoms with Crippen molar-refractivity contribution in [1.29, 1.82) is 0 Å². The van der Waals surface area contributed by atoms with E-state index in [4.69, 9.17) is 9.47 Å². The third-order valence-electron chi connectivity index (χ3n) is 4.46. The highest BCUT2D eigenvalue weighted by atomic mass is 32.1. The molecule has 2 aliphatic rings. The molecule has 136 valence electrons. The van der Waals surface area contributed by atoms with Crippen molar-refractivity contribution in [3.8, 4) is 0 Å². The van der Waals surface area contributed by atoms with Gasteiger partial charge in [-0.05, 0) is 38.2 Å². The molecule has 0 saturated carbocycles. The Morgan fingerprint density at radius 2 is 2.08 bits per heavy atom. The highest BCUT2D eigenvalue weighted by Crippen LogP contribution is 2.26. The first-order chi connectivity index (χ1) is 12.0. The summed E-state index contributed by atoms with van der Waals surface area (Å²) < 4.78 is 13.9. The fourth-order valence-corrected chi connectivity index (χ4v) is 3.80. The lowest BCUT2D eigenvalue weighted by molar-refractivity contribution is -0.148. The van der Waals surface area contributed by atoms with Crippen molar-refractivity contribution in [3.05, 3.63) is 10.6 Å². The summed E-state index contributed by atoms with van der Waals surface area (Å²) in [5, 5.41) is 3.87. The molecule has 0 bridgehead atoms. The maximum Gasteiger partial charge on any atom is 0.410 e. The monoisotopic (exact) mass is 368 g/mol. The summed E-state index contributed by atoms with van der Waals surface area (Å²) in [7, 11) is 0. The van der Waals surface area contributed by atoms with Gasteiger partial charge in [0.15, 0.2) is 6.04 Å². The van der Waals surface area contributed by atoms with E-state index in [1.54, 1.807) is 18.7 Å². The van der Waals surface area contributed by atoms with Crippen molar-refractivity contribution >= 4 is 29.5 Å². The van der Waals surface area contributed by atoms with Crippen LogP contribution in [-0.4, -0.2) is 75.7 Å². The number of amides is 2. The van der Waals surface area contributed by atoms with Crippen LogP contribution < -0.4 is 0 Å². The Hall–Kier alpha value is -2.23. The number of aryl methyl sites for hydroxylation is 1. The molecule has 1 atom stereocenters. The minimum absolute atomic E-state index is 0.0164. The summed E-state index contributed by atoms with van der Waals surface area (Å²) in [6.45, 7) is 4.75. The number of cyclic esters (lactones) is 1. The lowest BCUT2D eigenvalue weighted by Gasteiger charge is -2.37. The second-order valence-electron chi connectivity index (χ2n) is 5.96. The number of esters is 1. The molecule has 0 unspecified atom stereocenters. The van der Waals surface area contributed by atoms with E-state index in [9.17, 15) is 14.4 Å². The van der Waals surface area contributed by atoms with E-state index in [0.717, 1.165) is 11.5 Å². The quantitative estimate of drug-likeness (QED) is 0.726. The zero-order valence-corrected chi connectivity index (χ0v) is 15.0. The third kappa shape index (κ3) is 3.44. The molecule has 1 aromatic rings. The van der Waals surface area contributed by atoms with Gasteiger partial charge in [0.25, 0.3) is 5.91 Å². The minimum atomic E-state index is -0.701. The molecule has 2 saturated heterocycles. The first kappa shape index (κ1) is 17.6. The molecule has 0 N–H and O–H groups in total. The van der Waals surface area contributed by atoms with Crippen LogP contribution in [-0.2, 0) is 14.3 Å². The van der Waals surface area contributed by atoms with E-state index < -0.39 is 18.1 Å². The Balaban J connectivity index is 1.63. The Morgan fingerprint density at radius 1 is 1.36 bits per heavy atom. The van der Waals surface area contributed by atoms with Crippen LogP contribution in [0.3, 0.4) is 0 Å². The van der Waals surface area contributed by atoms with Gasteiger partial charge in [-0.25, -0.2) is 9.59 Å². The van der Waals surface area contributed by atoms with Crippen LogP contribution in [0.15, 0.2) is 0 Å². The molecule has 0 aromatic carbocycles. The van der Waals surface area contributed by atoms with Gasteiger partial charge in [-0.15, -0.1) is 5.10 Å². The van der Waals surface area contributed by atoms with E-state index in [1.807, 2.05) is 0 Å². The van der Waals surface area contributed by atoms with Gasteiger partial charge >= 0.3 is 12.1 Å². The average molecular weight is 368 g/mol. The van der Waals surface area contributed by atoms with Gasteiger partial charge < -0.3 is 14.4 Å². The molecule has 1 aromatic heterocycles. The Morgan fingerprint density at radius 3 is 2.68 bits per heavy atom. The number of carbonyl (C=O) groups excluding carboxylic acids is 3. The van der Waals surface area contributed by atoms with Gasteiger partial charge in [0, 0.05) is 19.1 Å². The largest absolute Gasteiger partial charge is 0.464 e. The van der Waals surface area contributed by atoms with E-state index >= 15 is 0 Å². The zero-order valence-electron chi connectivity index (χ0n) is 14.1. The Kier molecular flexibility index (Phi) is 5.16. The van der Waals surface area contributed by atoms with Crippen molar-refractivity contribution in [2.24, 2.45) is 0 Å². The number of piperidine rings is 1. The fraction of sp³-hybridized carbons (Fsp3) is 0.667. The number of rotatable bonds is 4. The van der Waals surface area contributed by atoms with Crippen molar-refractivity contribution in [2.75, 3.05) is 26.3 Å². The SMILES string of the molecule is CCOC(=O)[C@@H]1COC(=O)N1C1CCN(C(=O)c2snnc2C)CC1. The van der Waals surface area contributed by atoms with Gasteiger partial charge in [-0.2, -0.15) is 0 Å². The number of nitrogens with zero attached hydrogens (tertiary/aromatic N) is 4. The van der Waals surface area contributed by atoms with Gasteiger partial charge in [0.1, 0.15) is 11.5 Å². The van der Waals surface area contributed by atoms with Crippen molar-refractivity contribution in [3.63, 3.8) is 0 Å². The maximum absolute atomic E-state index is 12.5. The number of hydrogen-bond acceptors (Lipinski definition) is 8. The van der Waals surface area contributed by atoms with Gasteiger partial charge in [-0.3, -0.25) is 9.69 Å². The second kappa shape index (κ2) is 7.34. The standard InChI is InChI=1S/C15H20N4O5S/c1-3-23-14(21)11-8-24-15(22)19(11)10-4-6-18(7-5-10)13(20)12-9(2)16-17-25-12/h10-11H,3-8H2,1-2H3/t11-/m0/s1. The van der Waals surface area contributed by atoms with Crippen molar-refractivity contribution in [2.45, 2.75) is 38.8 Å². The number of aromatic nitrogens is 2.